The summed E-state index contributed by atoms with van der Waals surface area (Å²) in [7, 11) is 5.79. The first-order valence-electron chi connectivity index (χ1n) is 8.69. The molecule has 0 saturated carbocycles. The van der Waals surface area contributed by atoms with Crippen molar-refractivity contribution in [2.75, 3.05) is 44.0 Å². The van der Waals surface area contributed by atoms with Crippen LogP contribution in [0.25, 0.3) is 0 Å². The Morgan fingerprint density at radius 2 is 2.04 bits per heavy atom. The summed E-state index contributed by atoms with van der Waals surface area (Å²) >= 11 is 0. The first kappa shape index (κ1) is 18.0. The molecule has 0 radical (unpaired) electrons. The monoisotopic (exact) mass is 352 g/mol. The van der Waals surface area contributed by atoms with Gasteiger partial charge in [-0.25, -0.2) is 4.98 Å². The van der Waals surface area contributed by atoms with Crippen molar-refractivity contribution >= 4 is 11.6 Å². The lowest BCUT2D eigenvalue weighted by Crippen LogP contribution is -2.35. The van der Waals surface area contributed by atoms with Gasteiger partial charge in [-0.2, -0.15) is 5.26 Å². The normalized spacial score (nSPS) is 16.7. The average Bonchev–Trinajstić information content (AvgIpc) is 3.11. The first-order valence-corrected chi connectivity index (χ1v) is 8.69. The van der Waals surface area contributed by atoms with Crippen molar-refractivity contribution in [1.82, 2.24) is 14.9 Å². The zero-order chi connectivity index (χ0) is 18.7. The van der Waals surface area contributed by atoms with E-state index >= 15 is 0 Å². The zero-order valence-electron chi connectivity index (χ0n) is 15.4. The number of likely N-dealkylation sites (N-methyl/N-ethyl adjacent to an activating group) is 1. The molecule has 0 spiro atoms. The number of rotatable bonds is 5. The van der Waals surface area contributed by atoms with Gasteiger partial charge in [0.15, 0.2) is 0 Å². The number of hydrogen-bond donors (Lipinski definition) is 1. The SMILES string of the molecule is CN(C)c1nc(CN(C)C2CCN(c3ccc(C#N)cc3)C2)cc(=O)[nH]1. The fourth-order valence-corrected chi connectivity index (χ4v) is 3.25. The third-order valence-corrected chi connectivity index (χ3v) is 4.77. The summed E-state index contributed by atoms with van der Waals surface area (Å²) in [5, 5.41) is 8.92. The molecular weight excluding hydrogens is 328 g/mol. The summed E-state index contributed by atoms with van der Waals surface area (Å²) in [5.74, 6) is 0.575. The van der Waals surface area contributed by atoms with Gasteiger partial charge in [0.05, 0.1) is 17.3 Å². The van der Waals surface area contributed by atoms with Crippen LogP contribution in [0.3, 0.4) is 0 Å². The number of hydrogen-bond acceptors (Lipinski definition) is 6. The van der Waals surface area contributed by atoms with Gasteiger partial charge in [-0.15, -0.1) is 0 Å². The molecule has 1 saturated heterocycles. The molecule has 7 nitrogen and oxygen atoms in total. The zero-order valence-corrected chi connectivity index (χ0v) is 15.4. The minimum absolute atomic E-state index is 0.127. The van der Waals surface area contributed by atoms with Crippen molar-refractivity contribution in [3.63, 3.8) is 0 Å². The molecule has 1 N–H and O–H groups in total. The summed E-state index contributed by atoms with van der Waals surface area (Å²) < 4.78 is 0. The summed E-state index contributed by atoms with van der Waals surface area (Å²) in [6.45, 7) is 2.54. The van der Waals surface area contributed by atoms with E-state index in [-0.39, 0.29) is 5.56 Å². The van der Waals surface area contributed by atoms with Crippen LogP contribution in [0.2, 0.25) is 0 Å². The number of aromatic amines is 1. The van der Waals surface area contributed by atoms with Crippen molar-refractivity contribution in [2.24, 2.45) is 0 Å². The molecular formula is C19H24N6O. The van der Waals surface area contributed by atoms with Crippen LogP contribution < -0.4 is 15.4 Å². The van der Waals surface area contributed by atoms with E-state index in [1.807, 2.05) is 38.4 Å². The Morgan fingerprint density at radius 1 is 1.31 bits per heavy atom. The van der Waals surface area contributed by atoms with Crippen molar-refractivity contribution < 1.29 is 0 Å². The van der Waals surface area contributed by atoms with Gasteiger partial charge in [0.25, 0.3) is 5.56 Å². The Kier molecular flexibility index (Phi) is 5.24. The summed E-state index contributed by atoms with van der Waals surface area (Å²) in [6, 6.07) is 11.8. The van der Waals surface area contributed by atoms with Gasteiger partial charge in [-0.3, -0.25) is 14.7 Å². The molecule has 26 heavy (non-hydrogen) atoms. The van der Waals surface area contributed by atoms with Gasteiger partial charge in [-0.1, -0.05) is 0 Å². The Morgan fingerprint density at radius 3 is 2.69 bits per heavy atom. The molecule has 0 bridgehead atoms. The number of aromatic nitrogens is 2. The topological polar surface area (TPSA) is 79.3 Å². The van der Waals surface area contributed by atoms with E-state index in [4.69, 9.17) is 5.26 Å². The second-order valence-corrected chi connectivity index (χ2v) is 6.92. The lowest BCUT2D eigenvalue weighted by molar-refractivity contribution is 0.247. The van der Waals surface area contributed by atoms with Crippen molar-refractivity contribution in [2.45, 2.75) is 19.0 Å². The summed E-state index contributed by atoms with van der Waals surface area (Å²) in [5.41, 5.74) is 2.47. The quantitative estimate of drug-likeness (QED) is 0.877. The van der Waals surface area contributed by atoms with Gasteiger partial charge >= 0.3 is 0 Å². The third kappa shape index (κ3) is 4.03. The maximum atomic E-state index is 11.8. The smallest absolute Gasteiger partial charge is 0.252 e. The Bertz CT molecular complexity index is 852. The molecule has 2 aromatic rings. The summed E-state index contributed by atoms with van der Waals surface area (Å²) in [6.07, 6.45) is 1.06. The van der Waals surface area contributed by atoms with E-state index < -0.39 is 0 Å². The fourth-order valence-electron chi connectivity index (χ4n) is 3.25. The third-order valence-electron chi connectivity index (χ3n) is 4.77. The summed E-state index contributed by atoms with van der Waals surface area (Å²) in [4.78, 5) is 25.5. The van der Waals surface area contributed by atoms with Crippen molar-refractivity contribution in [3.05, 3.63) is 51.9 Å². The number of nitriles is 1. The van der Waals surface area contributed by atoms with Crippen LogP contribution in [0.5, 0.6) is 0 Å². The number of nitrogens with one attached hydrogen (secondary N) is 1. The maximum Gasteiger partial charge on any atom is 0.252 e. The van der Waals surface area contributed by atoms with E-state index in [9.17, 15) is 4.79 Å². The molecule has 1 aliphatic rings. The lowest BCUT2D eigenvalue weighted by atomic mass is 10.2. The molecule has 3 rings (SSSR count). The van der Waals surface area contributed by atoms with E-state index in [0.29, 0.717) is 24.1 Å². The predicted molar refractivity (Wildman–Crippen MR) is 102 cm³/mol. The van der Waals surface area contributed by atoms with Gasteiger partial charge in [-0.05, 0) is 37.7 Å². The van der Waals surface area contributed by atoms with Gasteiger partial charge in [0.1, 0.15) is 0 Å². The highest BCUT2D eigenvalue weighted by Gasteiger charge is 2.26. The van der Waals surface area contributed by atoms with Crippen LogP contribution in [0, 0.1) is 11.3 Å². The van der Waals surface area contributed by atoms with Gasteiger partial charge in [0, 0.05) is 51.5 Å². The highest BCUT2D eigenvalue weighted by Crippen LogP contribution is 2.23. The number of nitrogens with zero attached hydrogens (tertiary/aromatic N) is 5. The molecule has 0 aliphatic carbocycles. The fraction of sp³-hybridized carbons (Fsp3) is 0.421. The Hall–Kier alpha value is -2.85. The van der Waals surface area contributed by atoms with E-state index in [0.717, 1.165) is 30.9 Å². The van der Waals surface area contributed by atoms with Crippen LogP contribution in [-0.4, -0.2) is 55.1 Å². The second-order valence-electron chi connectivity index (χ2n) is 6.92. The van der Waals surface area contributed by atoms with Crippen LogP contribution in [-0.2, 0) is 6.54 Å². The predicted octanol–water partition coefficient (Wildman–Crippen LogP) is 1.42. The molecule has 1 aromatic heterocycles. The second kappa shape index (κ2) is 7.58. The standard InChI is InChI=1S/C19H24N6O/c1-23(2)19-21-15(10-18(26)22-19)12-24(3)17-8-9-25(13-17)16-6-4-14(11-20)5-7-16/h4-7,10,17H,8-9,12-13H2,1-3H3,(H,21,22,26). The maximum absolute atomic E-state index is 11.8. The van der Waals surface area contributed by atoms with Gasteiger partial charge < -0.3 is 9.80 Å². The van der Waals surface area contributed by atoms with Crippen LogP contribution >= 0.6 is 0 Å². The number of benzene rings is 1. The van der Waals surface area contributed by atoms with Crippen molar-refractivity contribution in [1.29, 1.82) is 5.26 Å². The highest BCUT2D eigenvalue weighted by molar-refractivity contribution is 5.50. The van der Waals surface area contributed by atoms with E-state index in [1.165, 1.54) is 0 Å². The van der Waals surface area contributed by atoms with Crippen LogP contribution in [0.1, 0.15) is 17.7 Å². The van der Waals surface area contributed by atoms with Crippen LogP contribution in [0.15, 0.2) is 35.1 Å². The molecule has 1 aromatic carbocycles. The molecule has 1 aliphatic heterocycles. The minimum Gasteiger partial charge on any atom is -0.370 e. The molecule has 1 fully saturated rings. The molecule has 2 heterocycles. The molecule has 136 valence electrons. The molecule has 1 unspecified atom stereocenters. The first-order chi connectivity index (χ1) is 12.5. The van der Waals surface area contributed by atoms with E-state index in [2.05, 4.69) is 32.9 Å². The lowest BCUT2D eigenvalue weighted by Gasteiger charge is -2.25. The Labute approximate surface area is 153 Å². The van der Waals surface area contributed by atoms with Crippen LogP contribution in [0.4, 0.5) is 11.6 Å². The van der Waals surface area contributed by atoms with Gasteiger partial charge in [0.2, 0.25) is 5.95 Å². The van der Waals surface area contributed by atoms with E-state index in [1.54, 1.807) is 11.0 Å². The average molecular weight is 352 g/mol. The number of H-pyrrole nitrogens is 1. The minimum atomic E-state index is -0.127. The number of anilines is 2. The largest absolute Gasteiger partial charge is 0.370 e. The Balaban J connectivity index is 1.65. The highest BCUT2D eigenvalue weighted by atomic mass is 16.1. The van der Waals surface area contributed by atoms with Crippen molar-refractivity contribution in [3.8, 4) is 6.07 Å². The molecule has 7 heteroatoms. The molecule has 0 amide bonds. The molecule has 1 atom stereocenters.